The smallest absolute Gasteiger partial charge is 0.115 e. The Balaban J connectivity index is 2.15. The van der Waals surface area contributed by atoms with E-state index in [-0.39, 0.29) is 5.75 Å². The van der Waals surface area contributed by atoms with Crippen LogP contribution in [0.4, 0.5) is 0 Å². The van der Waals surface area contributed by atoms with Crippen molar-refractivity contribution in [2.24, 2.45) is 0 Å². The average molecular weight is 282 g/mol. The molecule has 3 aromatic rings. The van der Waals surface area contributed by atoms with Crippen molar-refractivity contribution < 1.29 is 5.11 Å². The first-order chi connectivity index (χ1) is 9.78. The van der Waals surface area contributed by atoms with Crippen molar-refractivity contribution in [3.05, 3.63) is 53.8 Å². The highest BCUT2D eigenvalue weighted by atomic mass is 32.1. The van der Waals surface area contributed by atoms with E-state index in [1.54, 1.807) is 29.7 Å². The Hall–Kier alpha value is -2.20. The Morgan fingerprint density at radius 1 is 1.10 bits per heavy atom. The van der Waals surface area contributed by atoms with Gasteiger partial charge in [0.05, 0.1) is 15.6 Å². The monoisotopic (exact) mass is 282 g/mol. The second-order valence-corrected chi connectivity index (χ2v) is 5.51. The van der Waals surface area contributed by atoms with Crippen molar-refractivity contribution in [2.75, 3.05) is 0 Å². The lowest BCUT2D eigenvalue weighted by atomic mass is 10.1. The van der Waals surface area contributed by atoms with Gasteiger partial charge in [-0.1, -0.05) is 13.0 Å². The molecule has 20 heavy (non-hydrogen) atoms. The number of rotatable bonds is 3. The highest BCUT2D eigenvalue weighted by Gasteiger charge is 2.14. The summed E-state index contributed by atoms with van der Waals surface area (Å²) in [7, 11) is 0. The van der Waals surface area contributed by atoms with Gasteiger partial charge in [0, 0.05) is 23.5 Å². The lowest BCUT2D eigenvalue weighted by Crippen LogP contribution is -1.83. The molecule has 2 aromatic heterocycles. The molecule has 1 N–H and O–H groups in total. The van der Waals surface area contributed by atoms with Crippen LogP contribution >= 0.6 is 11.3 Å². The molecule has 0 amide bonds. The van der Waals surface area contributed by atoms with Gasteiger partial charge in [-0.2, -0.15) is 0 Å². The van der Waals surface area contributed by atoms with Crippen LogP contribution in [-0.2, 0) is 6.42 Å². The molecule has 100 valence electrons. The second kappa shape index (κ2) is 5.43. The summed E-state index contributed by atoms with van der Waals surface area (Å²) in [5, 5.41) is 10.5. The number of aromatic hydroxyl groups is 1. The molecule has 0 bridgehead atoms. The Kier molecular flexibility index (Phi) is 3.48. The summed E-state index contributed by atoms with van der Waals surface area (Å²) < 4.78 is 0. The van der Waals surface area contributed by atoms with Gasteiger partial charge < -0.3 is 5.11 Å². The molecule has 1 aromatic carbocycles. The Bertz CT molecular complexity index is 705. The van der Waals surface area contributed by atoms with E-state index in [1.165, 1.54) is 0 Å². The first-order valence-corrected chi connectivity index (χ1v) is 7.29. The molecule has 0 saturated heterocycles. The third-order valence-electron chi connectivity index (χ3n) is 3.04. The average Bonchev–Trinajstić information content (AvgIpc) is 2.93. The highest BCUT2D eigenvalue weighted by molar-refractivity contribution is 7.15. The molecule has 0 unspecified atom stereocenters. The van der Waals surface area contributed by atoms with Crippen molar-refractivity contribution in [3.63, 3.8) is 0 Å². The van der Waals surface area contributed by atoms with Crippen molar-refractivity contribution in [1.29, 1.82) is 0 Å². The largest absolute Gasteiger partial charge is 0.508 e. The second-order valence-electron chi connectivity index (χ2n) is 4.43. The maximum atomic E-state index is 9.41. The zero-order valence-electron chi connectivity index (χ0n) is 11.1. The maximum absolute atomic E-state index is 9.41. The molecule has 0 saturated carbocycles. The number of thiazole rings is 1. The molecule has 2 heterocycles. The number of hydrogen-bond donors (Lipinski definition) is 1. The summed E-state index contributed by atoms with van der Waals surface area (Å²) in [4.78, 5) is 10.0. The van der Waals surface area contributed by atoms with Crippen LogP contribution in [0.15, 0.2) is 48.8 Å². The van der Waals surface area contributed by atoms with Crippen LogP contribution in [0.5, 0.6) is 5.75 Å². The molecule has 0 aliphatic rings. The number of phenols is 1. The van der Waals surface area contributed by atoms with Crippen LogP contribution in [0.3, 0.4) is 0 Å². The molecule has 0 radical (unpaired) electrons. The first kappa shape index (κ1) is 12.8. The number of aryl methyl sites for hydroxylation is 1. The van der Waals surface area contributed by atoms with Gasteiger partial charge in [0.15, 0.2) is 0 Å². The van der Waals surface area contributed by atoms with Gasteiger partial charge >= 0.3 is 0 Å². The van der Waals surface area contributed by atoms with Crippen LogP contribution in [-0.4, -0.2) is 15.1 Å². The van der Waals surface area contributed by atoms with Crippen LogP contribution in [0.2, 0.25) is 0 Å². The van der Waals surface area contributed by atoms with Crippen molar-refractivity contribution in [1.82, 2.24) is 9.97 Å². The topological polar surface area (TPSA) is 46.0 Å². The Labute approximate surface area is 121 Å². The van der Waals surface area contributed by atoms with E-state index < -0.39 is 0 Å². The van der Waals surface area contributed by atoms with Crippen molar-refractivity contribution in [2.45, 2.75) is 13.3 Å². The summed E-state index contributed by atoms with van der Waals surface area (Å²) in [6.45, 7) is 2.10. The van der Waals surface area contributed by atoms with Gasteiger partial charge in [0.25, 0.3) is 0 Å². The maximum Gasteiger partial charge on any atom is 0.115 e. The lowest BCUT2D eigenvalue weighted by Gasteiger charge is -2.02. The Morgan fingerprint density at radius 2 is 1.90 bits per heavy atom. The minimum absolute atomic E-state index is 0.266. The van der Waals surface area contributed by atoms with Crippen molar-refractivity contribution >= 4 is 11.3 Å². The molecule has 3 nitrogen and oxygen atoms in total. The Morgan fingerprint density at radius 3 is 2.55 bits per heavy atom. The van der Waals surface area contributed by atoms with Gasteiger partial charge in [-0.15, -0.1) is 11.3 Å². The predicted octanol–water partition coefficient (Wildman–Crippen LogP) is 4.14. The number of aromatic nitrogens is 2. The van der Waals surface area contributed by atoms with Crippen LogP contribution < -0.4 is 0 Å². The number of pyridine rings is 1. The normalized spacial score (nSPS) is 10.7. The minimum Gasteiger partial charge on any atom is -0.508 e. The molecule has 0 aliphatic carbocycles. The van der Waals surface area contributed by atoms with Gasteiger partial charge in [-0.3, -0.25) is 4.98 Å². The molecule has 4 heteroatoms. The zero-order chi connectivity index (χ0) is 13.9. The van der Waals surface area contributed by atoms with E-state index in [4.69, 9.17) is 4.98 Å². The van der Waals surface area contributed by atoms with Gasteiger partial charge in [0.1, 0.15) is 5.75 Å². The van der Waals surface area contributed by atoms with Gasteiger partial charge in [-0.25, -0.2) is 4.98 Å². The molecule has 0 spiro atoms. The molecule has 0 fully saturated rings. The van der Waals surface area contributed by atoms with Crippen molar-refractivity contribution in [3.8, 4) is 27.4 Å². The third kappa shape index (κ3) is 2.42. The van der Waals surface area contributed by atoms with Crippen LogP contribution in [0.25, 0.3) is 21.7 Å². The molecular formula is C16H14N2OS. The summed E-state index contributed by atoms with van der Waals surface area (Å²) in [6, 6.07) is 11.1. The first-order valence-electron chi connectivity index (χ1n) is 6.47. The standard InChI is InChI=1S/C16H14N2OS/c1-2-14-18-15(11-5-7-13(19)8-6-11)16(20-14)12-4-3-9-17-10-12/h3-10,19H,2H2,1H3. The highest BCUT2D eigenvalue weighted by Crippen LogP contribution is 2.37. The molecule has 0 aliphatic heterocycles. The number of nitrogens with zero attached hydrogens (tertiary/aromatic N) is 2. The summed E-state index contributed by atoms with van der Waals surface area (Å²) >= 11 is 1.70. The number of benzene rings is 1. The molecule has 0 atom stereocenters. The quantitative estimate of drug-likeness (QED) is 0.785. The van der Waals surface area contributed by atoms with Gasteiger partial charge in [0.2, 0.25) is 0 Å². The van der Waals surface area contributed by atoms with Crippen LogP contribution in [0.1, 0.15) is 11.9 Å². The van der Waals surface area contributed by atoms with E-state index in [1.807, 2.05) is 30.5 Å². The molecular weight excluding hydrogens is 268 g/mol. The number of hydrogen-bond acceptors (Lipinski definition) is 4. The summed E-state index contributed by atoms with van der Waals surface area (Å²) in [5.41, 5.74) is 3.05. The van der Waals surface area contributed by atoms with Crippen LogP contribution in [0, 0.1) is 0 Å². The third-order valence-corrected chi connectivity index (χ3v) is 4.29. The van der Waals surface area contributed by atoms with E-state index in [0.717, 1.165) is 33.1 Å². The predicted molar refractivity (Wildman–Crippen MR) is 81.8 cm³/mol. The van der Waals surface area contributed by atoms with E-state index in [2.05, 4.69) is 11.9 Å². The molecule has 3 rings (SSSR count). The fraction of sp³-hybridized carbons (Fsp3) is 0.125. The van der Waals surface area contributed by atoms with E-state index >= 15 is 0 Å². The van der Waals surface area contributed by atoms with E-state index in [0.29, 0.717) is 0 Å². The summed E-state index contributed by atoms with van der Waals surface area (Å²) in [6.07, 6.45) is 4.54. The number of phenolic OH excluding ortho intramolecular Hbond substituents is 1. The zero-order valence-corrected chi connectivity index (χ0v) is 11.9. The fourth-order valence-corrected chi connectivity index (χ4v) is 3.04. The SMILES string of the molecule is CCc1nc(-c2ccc(O)cc2)c(-c2cccnc2)s1. The van der Waals surface area contributed by atoms with Gasteiger partial charge in [-0.05, 0) is 36.8 Å². The fourth-order valence-electron chi connectivity index (χ4n) is 2.02. The minimum atomic E-state index is 0.266. The lowest BCUT2D eigenvalue weighted by molar-refractivity contribution is 0.475. The summed E-state index contributed by atoms with van der Waals surface area (Å²) in [5.74, 6) is 0.266. The van der Waals surface area contributed by atoms with E-state index in [9.17, 15) is 5.11 Å².